The molecule has 2 unspecified atom stereocenters. The quantitative estimate of drug-likeness (QED) is 0.786. The summed E-state index contributed by atoms with van der Waals surface area (Å²) in [6, 6.07) is 3.27. The number of alkyl halides is 3. The fourth-order valence-electron chi connectivity index (χ4n) is 3.56. The first-order valence-corrected chi connectivity index (χ1v) is 8.77. The molecule has 2 aliphatic heterocycles. The Bertz CT molecular complexity index is 640. The lowest BCUT2D eigenvalue weighted by Gasteiger charge is -2.26. The molecule has 0 amide bonds. The Labute approximate surface area is 134 Å². The van der Waals surface area contributed by atoms with Crippen molar-refractivity contribution in [2.45, 2.75) is 42.4 Å². The van der Waals surface area contributed by atoms with Crippen LogP contribution in [0.15, 0.2) is 18.2 Å². The lowest BCUT2D eigenvalue weighted by Crippen LogP contribution is -2.32. The Morgan fingerprint density at radius 1 is 1.22 bits per heavy atom. The third-order valence-corrected chi connectivity index (χ3v) is 6.90. The predicted molar refractivity (Wildman–Crippen MR) is 80.0 cm³/mol. The highest BCUT2D eigenvalue weighted by atomic mass is 32.2. The van der Waals surface area contributed by atoms with Crippen molar-refractivity contribution >= 4 is 16.6 Å². The highest BCUT2D eigenvalue weighted by molar-refractivity contribution is 7.86. The molecule has 0 aliphatic carbocycles. The molecule has 1 aromatic carbocycles. The average molecular weight is 346 g/mol. The van der Waals surface area contributed by atoms with Gasteiger partial charge in [-0.3, -0.25) is 9.00 Å². The van der Waals surface area contributed by atoms with Gasteiger partial charge in [-0.2, -0.15) is 13.2 Å². The number of Topliss-reactive ketones (excluding diaryl/α,β-unsaturated/α-hetero) is 1. The summed E-state index contributed by atoms with van der Waals surface area (Å²) < 4.78 is 55.4. The number of benzene rings is 1. The van der Waals surface area contributed by atoms with Crippen LogP contribution in [0.25, 0.3) is 0 Å². The van der Waals surface area contributed by atoms with Crippen molar-refractivity contribution in [2.24, 2.45) is 5.92 Å². The molecule has 0 radical (unpaired) electrons. The van der Waals surface area contributed by atoms with E-state index in [2.05, 4.69) is 0 Å². The second-order valence-electron chi connectivity index (χ2n) is 6.10. The van der Waals surface area contributed by atoms with Gasteiger partial charge in [-0.15, -0.1) is 0 Å². The molecule has 23 heavy (non-hydrogen) atoms. The van der Waals surface area contributed by atoms with E-state index < -0.39 is 22.5 Å². The zero-order valence-corrected chi connectivity index (χ0v) is 13.4. The summed E-state index contributed by atoms with van der Waals surface area (Å²) in [6.45, 7) is 0. The van der Waals surface area contributed by atoms with Crippen LogP contribution in [0.1, 0.15) is 41.6 Å². The van der Waals surface area contributed by atoms with E-state index in [1.807, 2.05) is 0 Å². The van der Waals surface area contributed by atoms with Crippen molar-refractivity contribution in [1.29, 1.82) is 0 Å². The number of ether oxygens (including phenoxy) is 1. The van der Waals surface area contributed by atoms with Gasteiger partial charge in [-0.25, -0.2) is 0 Å². The molecule has 126 valence electrons. The van der Waals surface area contributed by atoms with Gasteiger partial charge >= 0.3 is 6.18 Å². The van der Waals surface area contributed by atoms with Gasteiger partial charge in [-0.1, -0.05) is 6.07 Å². The Hall–Kier alpha value is -1.37. The number of fused-ring (bicyclic) bond motifs is 2. The summed E-state index contributed by atoms with van der Waals surface area (Å²) in [7, 11) is 0.296. The number of methoxy groups -OCH3 is 1. The fraction of sp³-hybridized carbons (Fsp3) is 0.562. The van der Waals surface area contributed by atoms with Crippen LogP contribution < -0.4 is 4.74 Å². The largest absolute Gasteiger partial charge is 0.496 e. The van der Waals surface area contributed by atoms with Gasteiger partial charge < -0.3 is 4.74 Å². The molecule has 2 atom stereocenters. The van der Waals surface area contributed by atoms with Crippen molar-refractivity contribution in [2.75, 3.05) is 7.11 Å². The summed E-state index contributed by atoms with van der Waals surface area (Å²) in [5.41, 5.74) is -0.659. The topological polar surface area (TPSA) is 43.4 Å². The van der Waals surface area contributed by atoms with Crippen LogP contribution >= 0.6 is 0 Å². The van der Waals surface area contributed by atoms with Crippen molar-refractivity contribution < 1.29 is 26.9 Å². The van der Waals surface area contributed by atoms with Crippen LogP contribution in [0, 0.1) is 5.92 Å². The summed E-state index contributed by atoms with van der Waals surface area (Å²) in [4.78, 5) is 12.6. The van der Waals surface area contributed by atoms with E-state index >= 15 is 0 Å². The van der Waals surface area contributed by atoms with Crippen LogP contribution in [-0.2, 0) is 17.0 Å². The first-order valence-electron chi connectivity index (χ1n) is 7.50. The molecule has 3 rings (SSSR count). The molecule has 1 aromatic rings. The van der Waals surface area contributed by atoms with Crippen LogP contribution in [0.4, 0.5) is 13.2 Å². The Kier molecular flexibility index (Phi) is 4.25. The molecule has 0 saturated carbocycles. The fourth-order valence-corrected chi connectivity index (χ4v) is 5.69. The number of carbonyl (C=O) groups excluding carboxylic acids is 1. The molecule has 0 aromatic heterocycles. The van der Waals surface area contributed by atoms with Gasteiger partial charge in [0, 0.05) is 32.8 Å². The zero-order valence-electron chi connectivity index (χ0n) is 12.6. The number of hydrogen-bond donors (Lipinski definition) is 0. The number of ketones is 1. The Morgan fingerprint density at radius 3 is 2.35 bits per heavy atom. The molecule has 2 heterocycles. The van der Waals surface area contributed by atoms with E-state index in [0.717, 1.165) is 26.0 Å². The van der Waals surface area contributed by atoms with Gasteiger partial charge in [0.25, 0.3) is 0 Å². The summed E-state index contributed by atoms with van der Waals surface area (Å²) >= 11 is 0. The summed E-state index contributed by atoms with van der Waals surface area (Å²) in [5, 5.41) is 0.109. The maximum absolute atomic E-state index is 12.9. The molecule has 0 spiro atoms. The maximum Gasteiger partial charge on any atom is 0.419 e. The van der Waals surface area contributed by atoms with Crippen molar-refractivity contribution in [3.63, 3.8) is 0 Å². The molecule has 2 saturated heterocycles. The monoisotopic (exact) mass is 346 g/mol. The molecule has 2 fully saturated rings. The highest BCUT2D eigenvalue weighted by Gasteiger charge is 2.43. The normalized spacial score (nSPS) is 30.3. The smallest absolute Gasteiger partial charge is 0.419 e. The van der Waals surface area contributed by atoms with E-state index in [9.17, 15) is 22.2 Å². The standard InChI is InChI=1S/C16H17F3O3S/c1-22-14-8-9(2-5-13(14)16(17,18)19)15(20)10-6-11-3-4-12(7-10)23(11)21/h2,5,8,10-12H,3-4,6-7H2,1H3. The number of carbonyl (C=O) groups is 1. The van der Waals surface area contributed by atoms with Crippen molar-refractivity contribution in [1.82, 2.24) is 0 Å². The molecule has 2 aliphatic rings. The third kappa shape index (κ3) is 3.03. The second-order valence-corrected chi connectivity index (χ2v) is 8.09. The maximum atomic E-state index is 12.9. The average Bonchev–Trinajstić information content (AvgIpc) is 2.74. The van der Waals surface area contributed by atoms with Crippen LogP contribution in [-0.4, -0.2) is 27.6 Å². The van der Waals surface area contributed by atoms with Gasteiger partial charge in [0.1, 0.15) is 5.75 Å². The molecule has 7 heteroatoms. The first-order chi connectivity index (χ1) is 10.8. The molecule has 0 N–H and O–H groups in total. The van der Waals surface area contributed by atoms with Gasteiger partial charge in [0.15, 0.2) is 5.78 Å². The SMILES string of the molecule is COc1cc(C(=O)C2CC3CCC(C2)S3=O)ccc1C(F)(F)F. The molecular formula is C16H17F3O3S. The first kappa shape index (κ1) is 16.5. The summed E-state index contributed by atoms with van der Waals surface area (Å²) in [6.07, 6.45) is -1.65. The Morgan fingerprint density at radius 2 is 1.83 bits per heavy atom. The van der Waals surface area contributed by atoms with Crippen LogP contribution in [0.3, 0.4) is 0 Å². The van der Waals surface area contributed by atoms with E-state index in [0.29, 0.717) is 12.8 Å². The number of halogens is 3. The molecule has 3 nitrogen and oxygen atoms in total. The van der Waals surface area contributed by atoms with Gasteiger partial charge in [0.05, 0.1) is 12.7 Å². The van der Waals surface area contributed by atoms with Gasteiger partial charge in [0.2, 0.25) is 0 Å². The highest BCUT2D eigenvalue weighted by Crippen LogP contribution is 2.41. The number of rotatable bonds is 3. The minimum atomic E-state index is -4.52. The van der Waals surface area contributed by atoms with E-state index in [4.69, 9.17) is 4.74 Å². The van der Waals surface area contributed by atoms with Gasteiger partial charge in [-0.05, 0) is 37.8 Å². The lowest BCUT2D eigenvalue weighted by atomic mass is 9.90. The summed E-state index contributed by atoms with van der Waals surface area (Å²) in [5.74, 6) is -0.775. The minimum absolute atomic E-state index is 0.0547. The predicted octanol–water partition coefficient (Wildman–Crippen LogP) is 3.59. The van der Waals surface area contributed by atoms with E-state index in [1.165, 1.54) is 12.1 Å². The minimum Gasteiger partial charge on any atom is -0.496 e. The second kappa shape index (κ2) is 5.92. The van der Waals surface area contributed by atoms with Crippen LogP contribution in [0.5, 0.6) is 5.75 Å². The Balaban J connectivity index is 1.85. The number of hydrogen-bond acceptors (Lipinski definition) is 3. The van der Waals surface area contributed by atoms with E-state index in [1.54, 1.807) is 0 Å². The lowest BCUT2D eigenvalue weighted by molar-refractivity contribution is -0.138. The van der Waals surface area contributed by atoms with Crippen LogP contribution in [0.2, 0.25) is 0 Å². The van der Waals surface area contributed by atoms with E-state index in [-0.39, 0.29) is 33.5 Å². The molecular weight excluding hydrogens is 329 g/mol. The van der Waals surface area contributed by atoms with Crippen molar-refractivity contribution in [3.8, 4) is 5.75 Å². The molecule has 2 bridgehead atoms. The van der Waals surface area contributed by atoms with Crippen molar-refractivity contribution in [3.05, 3.63) is 29.3 Å². The zero-order chi connectivity index (χ0) is 16.8. The third-order valence-electron chi connectivity index (χ3n) is 4.72.